The molecular formula is C109H159N19Y6-12. The van der Waals surface area contributed by atoms with Gasteiger partial charge in [0, 0.05) is 295 Å². The van der Waals surface area contributed by atoms with Gasteiger partial charge in [0.15, 0.2) is 0 Å². The van der Waals surface area contributed by atoms with Crippen LogP contribution >= 0.6 is 0 Å². The van der Waals surface area contributed by atoms with Crippen LogP contribution in [-0.2, 0) is 196 Å². The molecule has 6 radical (unpaired) electrons. The third kappa shape index (κ3) is 162. The second kappa shape index (κ2) is 189. The number of aromatic amines is 1. The van der Waals surface area contributed by atoms with E-state index in [1.807, 2.05) is 283 Å². The van der Waals surface area contributed by atoms with Crippen molar-refractivity contribution in [2.24, 2.45) is 10.1 Å². The van der Waals surface area contributed by atoms with Gasteiger partial charge >= 0.3 is 0 Å². The fraction of sp³-hybridized carbons (Fsp3) is 0.303. The topological polar surface area (TPSA) is 275 Å². The number of allylic oxidation sites excluding steroid dienone is 3. The second-order valence-electron chi connectivity index (χ2n) is 19.7. The van der Waals surface area contributed by atoms with Crippen molar-refractivity contribution >= 4 is 63.6 Å². The smallest absolute Gasteiger partial charge is 0.115 e. The Balaban J connectivity index is -0.0000000568. The van der Waals surface area contributed by atoms with Crippen molar-refractivity contribution in [2.45, 2.75) is 226 Å². The summed E-state index contributed by atoms with van der Waals surface area (Å²) in [7, 11) is 0. The Labute approximate surface area is 968 Å². The molecule has 14 aromatic rings. The monoisotopic (exact) mass is 2270 g/mol. The van der Waals surface area contributed by atoms with E-state index in [4.69, 9.17) is 36.1 Å². The molecule has 0 amide bonds. The van der Waals surface area contributed by atoms with E-state index in [2.05, 4.69) is 212 Å². The van der Waals surface area contributed by atoms with Crippen LogP contribution in [0.2, 0.25) is 0 Å². The van der Waals surface area contributed by atoms with Crippen LogP contribution in [0.3, 0.4) is 0 Å². The molecule has 134 heavy (non-hydrogen) atoms. The SMILES string of the molecule is CC.CC.CC.CC.CC.CC.CC.CC.CC.CCC.CCC.CCC.CCC.CCC.[CH-]=CC=[CH-].[CH-]=CC=[N-].[CH-]=CN=[CH-].[CH-]=Cc1[c-]cccc1.[N-]=Cc1[c-]cccc1.[N-]=Nc1[c-]cccc1.[Y].[Y].[Y].[Y].[Y].[Y].c1ccc2cnccc2c1.c1ccc2ncccc2c1.c1ccc2nccnc2c1.c1ccncc1.c1ccnnc1.c1cn[nH]n1.c1cnccn1.c1cncnc1. The summed E-state index contributed by atoms with van der Waals surface area (Å²) >= 11 is 0. The van der Waals surface area contributed by atoms with Crippen LogP contribution in [0.1, 0.15) is 237 Å². The fourth-order valence-corrected chi connectivity index (χ4v) is 5.64. The molecule has 0 bridgehead atoms. The first-order valence-corrected chi connectivity index (χ1v) is 43.8. The number of hydrogen-bond donors (Lipinski definition) is 1. The number of pyridine rings is 3. The molecule has 0 saturated heterocycles. The number of para-hydroxylation sites is 3. The number of aliphatic imine (C=N–C) groups is 1. The number of H-pyrrole nitrogens is 1. The van der Waals surface area contributed by atoms with E-state index in [-0.39, 0.29) is 196 Å². The average Bonchev–Trinajstić information content (AvgIpc) is 0.927. The molecule has 25 heteroatoms. The second-order valence-corrected chi connectivity index (χ2v) is 19.7. The summed E-state index contributed by atoms with van der Waals surface area (Å²) in [4.78, 5) is 37.9. The molecule has 0 fully saturated rings. The average molecular weight is 2270 g/mol. The molecule has 0 spiro atoms. The van der Waals surface area contributed by atoms with Crippen molar-refractivity contribution in [3.63, 3.8) is 0 Å². The summed E-state index contributed by atoms with van der Waals surface area (Å²) in [5, 5.41) is 38.9. The van der Waals surface area contributed by atoms with Gasteiger partial charge in [0.25, 0.3) is 0 Å². The van der Waals surface area contributed by atoms with Crippen molar-refractivity contribution in [2.75, 3.05) is 0 Å². The summed E-state index contributed by atoms with van der Waals surface area (Å²) in [6.45, 7) is 85.6. The van der Waals surface area contributed by atoms with Gasteiger partial charge in [-0.25, -0.2) is 22.1 Å². The van der Waals surface area contributed by atoms with E-state index in [9.17, 15) is 0 Å². The van der Waals surface area contributed by atoms with Crippen LogP contribution in [-0.4, -0.2) is 89.6 Å². The normalized spacial score (nSPS) is 7.01. The van der Waals surface area contributed by atoms with Crippen molar-refractivity contribution in [1.29, 1.82) is 0 Å². The maximum atomic E-state index is 8.38. The van der Waals surface area contributed by atoms with Gasteiger partial charge < -0.3 is 89.0 Å². The van der Waals surface area contributed by atoms with Gasteiger partial charge in [-0.2, -0.15) is 74.3 Å². The standard InChI is InChI=1S/2C9H7N.C8H6N2.C8H6.C7H5N.C6H4N2.C5H5N.3C4H4N2.C4H4.2C3H3N.5C3H8.C2H3N3.9C2H6.6Y/c1-2-6-9-8(4-1)5-3-7-10-9;1-2-4-9-7-10-6-5-8(9)3-1;1-2-4-8-7(3-1)9-5-6-10-8;1-2-8-6-4-3-5-7-8;8-6-7-4-2-1-3-5-7;7-8-6-4-2-1-3-5-6;1-2-4-6-5-3-1;1-2-6-4-3-5-1;1-2-5-4-6-3-1;1-2-4-6-5-3-1;2*1-3-4-2;1-2-3-4;5*1-3-2;1-2-4-5-3-1;9*1-2;;;;;;/h2*1-7H;1-6H;1-6H;1-4,6H;1-4H;1-5H;3*1-4H;1-4H;2*1-3H;5*3H2,1-2H3;1-2H,(H,3,4,5);9*1-2H3;;;;;;/q;;;3*-2;;;;;3*-2;;;;;;;;;;;;;;;;;;;;;. The third-order valence-corrected chi connectivity index (χ3v) is 9.64. The zero-order chi connectivity index (χ0) is 100. The van der Waals surface area contributed by atoms with Crippen molar-refractivity contribution in [1.82, 2.24) is 70.5 Å². The summed E-state index contributed by atoms with van der Waals surface area (Å²) < 4.78 is 0. The number of rotatable bonds is 6. The number of nitrogens with one attached hydrogen (secondary N) is 1. The predicted molar refractivity (Wildman–Crippen MR) is 564 cm³/mol. The molecule has 0 aliphatic heterocycles. The summed E-state index contributed by atoms with van der Waals surface area (Å²) in [5.74, 6) is 0. The zero-order valence-electron chi connectivity index (χ0n) is 86.5. The Morgan fingerprint density at radius 3 is 0.873 bits per heavy atom. The van der Waals surface area contributed by atoms with Gasteiger partial charge in [0.05, 0.1) is 28.9 Å². The zero-order valence-corrected chi connectivity index (χ0v) is 104. The van der Waals surface area contributed by atoms with E-state index in [1.165, 1.54) is 72.8 Å². The molecule has 0 aliphatic carbocycles. The molecule has 6 aromatic carbocycles. The van der Waals surface area contributed by atoms with Crippen LogP contribution in [0.4, 0.5) is 5.69 Å². The molecule has 8 aromatic heterocycles. The Morgan fingerprint density at radius 1 is 0.313 bits per heavy atom. The van der Waals surface area contributed by atoms with Gasteiger partial charge in [0.2, 0.25) is 0 Å². The van der Waals surface area contributed by atoms with E-state index >= 15 is 0 Å². The van der Waals surface area contributed by atoms with Crippen LogP contribution < -0.4 is 0 Å². The molecule has 1 N–H and O–H groups in total. The molecule has 0 aliphatic rings. The molecule has 8 heterocycles. The Bertz CT molecular complexity index is 3390. The quantitative estimate of drug-likeness (QED) is 0.0702. The largest absolute Gasteiger partial charge is 0.911 e. The van der Waals surface area contributed by atoms with Crippen LogP contribution in [0.25, 0.3) is 55.1 Å². The Hall–Kier alpha value is -7.06. The Kier molecular flexibility index (Phi) is 249. The number of nitrogens with zero attached hydrogens (tertiary/aromatic N) is 18. The predicted octanol–water partition coefficient (Wildman–Crippen LogP) is 32.4. The van der Waals surface area contributed by atoms with Crippen molar-refractivity contribution in [3.8, 4) is 0 Å². The van der Waals surface area contributed by atoms with Gasteiger partial charge in [-0.15, -0.1) is 42.5 Å². The molecule has 0 atom stereocenters. The number of fused-ring (bicyclic) bond motifs is 3. The van der Waals surface area contributed by atoms with E-state index in [0.29, 0.717) is 11.3 Å². The van der Waals surface area contributed by atoms with E-state index in [0.717, 1.165) is 46.8 Å². The number of aromatic nitrogens is 14. The Morgan fingerprint density at radius 2 is 0.642 bits per heavy atom. The number of hydrogen-bond acceptors (Lipinski definition) is 15. The van der Waals surface area contributed by atoms with Crippen LogP contribution in [0.15, 0.2) is 346 Å². The molecule has 0 saturated carbocycles. The minimum Gasteiger partial charge on any atom is -0.911 e. The maximum absolute atomic E-state index is 8.38. The van der Waals surface area contributed by atoms with Gasteiger partial charge in [0.1, 0.15) is 6.33 Å². The minimum absolute atomic E-state index is 0. The first kappa shape index (κ1) is 176. The van der Waals surface area contributed by atoms with Gasteiger partial charge in [-0.3, -0.25) is 53.8 Å². The van der Waals surface area contributed by atoms with Gasteiger partial charge in [-0.1, -0.05) is 298 Å². The summed E-state index contributed by atoms with van der Waals surface area (Å²) in [6, 6.07) is 71.4. The molecular weight excluding hydrogens is 2110 g/mol. The van der Waals surface area contributed by atoms with Crippen molar-refractivity contribution < 1.29 is 196 Å². The van der Waals surface area contributed by atoms with E-state index in [1.54, 1.807) is 123 Å². The first-order valence-electron chi connectivity index (χ1n) is 43.8. The minimum atomic E-state index is 0. The fourth-order valence-electron chi connectivity index (χ4n) is 5.64. The number of benzene rings is 6. The van der Waals surface area contributed by atoms with E-state index < -0.39 is 0 Å². The summed E-state index contributed by atoms with van der Waals surface area (Å²) in [5.41, 5.74) is 13.2. The van der Waals surface area contributed by atoms with Gasteiger partial charge in [-0.05, 0) is 71.4 Å². The molecule has 19 nitrogen and oxygen atoms in total. The molecule has 0 unspecified atom stereocenters. The maximum Gasteiger partial charge on any atom is 0.115 e. The van der Waals surface area contributed by atoms with Crippen molar-refractivity contribution in [3.05, 3.63) is 415 Å². The molecule has 14 rings (SSSR count). The third-order valence-electron chi connectivity index (χ3n) is 9.64. The first-order chi connectivity index (χ1) is 63.0. The molecule has 720 valence electrons. The van der Waals surface area contributed by atoms with Crippen LogP contribution in [0.5, 0.6) is 0 Å². The van der Waals surface area contributed by atoms with Crippen LogP contribution in [0, 0.1) is 51.1 Å². The summed E-state index contributed by atoms with van der Waals surface area (Å²) in [6.07, 6.45) is 44.5.